The average molecular weight is 300 g/mol. The highest BCUT2D eigenvalue weighted by molar-refractivity contribution is 5.93. The van der Waals surface area contributed by atoms with Gasteiger partial charge in [0.15, 0.2) is 11.5 Å². The summed E-state index contributed by atoms with van der Waals surface area (Å²) >= 11 is 0. The molecule has 1 aliphatic heterocycles. The number of amides is 1. The quantitative estimate of drug-likeness (QED) is 0.938. The van der Waals surface area contributed by atoms with E-state index in [0.29, 0.717) is 11.5 Å². The summed E-state index contributed by atoms with van der Waals surface area (Å²) in [5.74, 6) is 0.437. The fraction of sp³-hybridized carbons (Fsp3) is 0.438. The highest BCUT2D eigenvalue weighted by Crippen LogP contribution is 2.24. The zero-order valence-corrected chi connectivity index (χ0v) is 12.6. The summed E-state index contributed by atoms with van der Waals surface area (Å²) < 4.78 is 5.29. The molecule has 0 radical (unpaired) electrons. The van der Waals surface area contributed by atoms with Crippen molar-refractivity contribution in [1.29, 1.82) is 0 Å². The van der Waals surface area contributed by atoms with E-state index in [2.05, 4.69) is 10.1 Å². The largest absolute Gasteiger partial charge is 0.355 e. The minimum atomic E-state index is -0.110. The molecule has 2 aromatic rings. The molecule has 1 saturated heterocycles. The van der Waals surface area contributed by atoms with E-state index in [1.165, 1.54) is 0 Å². The monoisotopic (exact) mass is 300 g/mol. The van der Waals surface area contributed by atoms with Gasteiger partial charge in [0.05, 0.1) is 0 Å². The van der Waals surface area contributed by atoms with Crippen LogP contribution < -0.4 is 5.73 Å². The number of nitrogens with two attached hydrogens (primary N) is 1. The van der Waals surface area contributed by atoms with Gasteiger partial charge in [-0.1, -0.05) is 5.16 Å². The number of rotatable bonds is 3. The first-order valence-corrected chi connectivity index (χ1v) is 7.60. The number of pyridine rings is 1. The minimum absolute atomic E-state index is 0.0473. The summed E-state index contributed by atoms with van der Waals surface area (Å²) in [4.78, 5) is 18.6. The third-order valence-corrected chi connectivity index (χ3v) is 4.09. The average Bonchev–Trinajstić information content (AvgIpc) is 3.05. The van der Waals surface area contributed by atoms with Crippen LogP contribution in [0.2, 0.25) is 0 Å². The van der Waals surface area contributed by atoms with Gasteiger partial charge in [-0.15, -0.1) is 0 Å². The van der Waals surface area contributed by atoms with Crippen molar-refractivity contribution in [3.8, 4) is 11.3 Å². The standard InChI is InChI=1S/C16H20N4O2/c1-11(17)14-6-2-3-8-20(14)16(21)13-9-15(22-19-13)12-5-4-7-18-10-12/h4-5,7,9-11,14H,2-3,6,8,17H2,1H3. The van der Waals surface area contributed by atoms with E-state index in [4.69, 9.17) is 10.3 Å². The summed E-state index contributed by atoms with van der Waals surface area (Å²) in [6.07, 6.45) is 6.42. The minimum Gasteiger partial charge on any atom is -0.355 e. The van der Waals surface area contributed by atoms with Crippen LogP contribution in [0.15, 0.2) is 35.1 Å². The van der Waals surface area contributed by atoms with E-state index in [1.54, 1.807) is 18.5 Å². The summed E-state index contributed by atoms with van der Waals surface area (Å²) in [7, 11) is 0. The van der Waals surface area contributed by atoms with Crippen molar-refractivity contribution in [2.24, 2.45) is 5.73 Å². The number of nitrogens with zero attached hydrogens (tertiary/aromatic N) is 3. The second-order valence-electron chi connectivity index (χ2n) is 5.74. The van der Waals surface area contributed by atoms with Crippen LogP contribution >= 0.6 is 0 Å². The third-order valence-electron chi connectivity index (χ3n) is 4.09. The zero-order valence-electron chi connectivity index (χ0n) is 12.6. The van der Waals surface area contributed by atoms with Crippen LogP contribution in [0, 0.1) is 0 Å². The number of likely N-dealkylation sites (tertiary alicyclic amines) is 1. The van der Waals surface area contributed by atoms with Crippen molar-refractivity contribution in [3.63, 3.8) is 0 Å². The molecule has 116 valence electrons. The molecule has 0 spiro atoms. The maximum atomic E-state index is 12.7. The summed E-state index contributed by atoms with van der Waals surface area (Å²) in [6.45, 7) is 2.67. The van der Waals surface area contributed by atoms with Crippen LogP contribution in [0.3, 0.4) is 0 Å². The highest BCUT2D eigenvalue weighted by Gasteiger charge is 2.31. The number of carbonyl (C=O) groups is 1. The molecule has 2 N–H and O–H groups in total. The Labute approximate surface area is 129 Å². The molecule has 0 aromatic carbocycles. The maximum absolute atomic E-state index is 12.7. The SMILES string of the molecule is CC(N)C1CCCCN1C(=O)c1cc(-c2cccnc2)on1. The molecule has 0 aliphatic carbocycles. The van der Waals surface area contributed by atoms with E-state index in [-0.39, 0.29) is 18.0 Å². The fourth-order valence-electron chi connectivity index (χ4n) is 2.92. The van der Waals surface area contributed by atoms with Gasteiger partial charge in [0, 0.05) is 42.7 Å². The van der Waals surface area contributed by atoms with E-state index in [1.807, 2.05) is 24.0 Å². The van der Waals surface area contributed by atoms with Gasteiger partial charge in [-0.05, 0) is 38.3 Å². The van der Waals surface area contributed by atoms with Crippen molar-refractivity contribution in [1.82, 2.24) is 15.0 Å². The lowest BCUT2D eigenvalue weighted by atomic mass is 9.96. The van der Waals surface area contributed by atoms with Gasteiger partial charge in [-0.25, -0.2) is 0 Å². The van der Waals surface area contributed by atoms with Crippen molar-refractivity contribution >= 4 is 5.91 Å². The van der Waals surface area contributed by atoms with Crippen LogP contribution in [0.1, 0.15) is 36.7 Å². The lowest BCUT2D eigenvalue weighted by molar-refractivity contribution is 0.0573. The molecule has 2 aromatic heterocycles. The van der Waals surface area contributed by atoms with E-state index >= 15 is 0 Å². The molecule has 1 fully saturated rings. The van der Waals surface area contributed by atoms with Gasteiger partial charge in [-0.3, -0.25) is 9.78 Å². The van der Waals surface area contributed by atoms with Gasteiger partial charge in [0.2, 0.25) is 0 Å². The normalized spacial score (nSPS) is 19.9. The molecular weight excluding hydrogens is 280 g/mol. The Hall–Kier alpha value is -2.21. The van der Waals surface area contributed by atoms with Crippen LogP contribution in [-0.2, 0) is 0 Å². The van der Waals surface area contributed by atoms with Crippen LogP contribution in [0.4, 0.5) is 0 Å². The zero-order chi connectivity index (χ0) is 15.5. The topological polar surface area (TPSA) is 85.2 Å². The Morgan fingerprint density at radius 1 is 1.50 bits per heavy atom. The molecule has 6 heteroatoms. The predicted molar refractivity (Wildman–Crippen MR) is 82.1 cm³/mol. The fourth-order valence-corrected chi connectivity index (χ4v) is 2.92. The summed E-state index contributed by atoms with van der Waals surface area (Å²) in [5.41, 5.74) is 7.15. The smallest absolute Gasteiger partial charge is 0.276 e. The van der Waals surface area contributed by atoms with Gasteiger partial charge in [-0.2, -0.15) is 0 Å². The molecule has 2 atom stereocenters. The van der Waals surface area contributed by atoms with E-state index < -0.39 is 0 Å². The predicted octanol–water partition coefficient (Wildman–Crippen LogP) is 2.08. The highest BCUT2D eigenvalue weighted by atomic mass is 16.5. The van der Waals surface area contributed by atoms with Crippen molar-refractivity contribution in [2.45, 2.75) is 38.3 Å². The first kappa shape index (κ1) is 14.7. The Balaban J connectivity index is 1.82. The molecule has 0 bridgehead atoms. The number of aromatic nitrogens is 2. The van der Waals surface area contributed by atoms with E-state index in [9.17, 15) is 4.79 Å². The number of piperidine rings is 1. The molecule has 6 nitrogen and oxygen atoms in total. The first-order chi connectivity index (χ1) is 10.7. The molecule has 2 unspecified atom stereocenters. The molecule has 3 heterocycles. The van der Waals surface area contributed by atoms with Crippen molar-refractivity contribution < 1.29 is 9.32 Å². The van der Waals surface area contributed by atoms with Crippen molar-refractivity contribution in [3.05, 3.63) is 36.3 Å². The summed E-state index contributed by atoms with van der Waals surface area (Å²) in [5, 5.41) is 3.93. The molecule has 3 rings (SSSR count). The second-order valence-corrected chi connectivity index (χ2v) is 5.74. The lowest BCUT2D eigenvalue weighted by Crippen LogP contribution is -2.51. The van der Waals surface area contributed by atoms with Gasteiger partial charge < -0.3 is 15.2 Å². The first-order valence-electron chi connectivity index (χ1n) is 7.60. The lowest BCUT2D eigenvalue weighted by Gasteiger charge is -2.37. The number of hydrogen-bond acceptors (Lipinski definition) is 5. The van der Waals surface area contributed by atoms with Gasteiger partial charge in [0.25, 0.3) is 5.91 Å². The Bertz CT molecular complexity index is 639. The van der Waals surface area contributed by atoms with Crippen LogP contribution in [0.25, 0.3) is 11.3 Å². The van der Waals surface area contributed by atoms with Gasteiger partial charge in [0.1, 0.15) is 0 Å². The Kier molecular flexibility index (Phi) is 4.20. The third kappa shape index (κ3) is 2.87. The molecule has 1 aliphatic rings. The molecule has 0 saturated carbocycles. The summed E-state index contributed by atoms with van der Waals surface area (Å²) in [6, 6.07) is 5.38. The Morgan fingerprint density at radius 2 is 2.36 bits per heavy atom. The van der Waals surface area contributed by atoms with Crippen LogP contribution in [-0.4, -0.2) is 39.6 Å². The van der Waals surface area contributed by atoms with Gasteiger partial charge >= 0.3 is 0 Å². The Morgan fingerprint density at radius 3 is 3.09 bits per heavy atom. The maximum Gasteiger partial charge on any atom is 0.276 e. The number of carbonyl (C=O) groups excluding carboxylic acids is 1. The second kappa shape index (κ2) is 6.27. The molecule has 22 heavy (non-hydrogen) atoms. The molecular formula is C16H20N4O2. The number of hydrogen-bond donors (Lipinski definition) is 1. The van der Waals surface area contributed by atoms with Crippen molar-refractivity contribution in [2.75, 3.05) is 6.54 Å². The molecule has 1 amide bonds. The van der Waals surface area contributed by atoms with Crippen LogP contribution in [0.5, 0.6) is 0 Å². The van der Waals surface area contributed by atoms with E-state index in [0.717, 1.165) is 31.4 Å².